The van der Waals surface area contributed by atoms with Gasteiger partial charge in [0.25, 0.3) is 0 Å². The van der Waals surface area contributed by atoms with Gasteiger partial charge in [0.05, 0.1) is 12.2 Å². The SMILES string of the molecule is CCC[C@H](CC(=O)[C@@H]1[C@H]2CCCC2CN1C(=O)[C@@H](NC(=O)[C@@H](CC(=O)c1cnccn1)C1CCCCC1)C(C)(C)C)C(=O)C(=O)C[C@@H](C)c1ccccc1. The van der Waals surface area contributed by atoms with Crippen LogP contribution in [0.1, 0.15) is 140 Å². The van der Waals surface area contributed by atoms with Crippen molar-refractivity contribution in [3.63, 3.8) is 0 Å². The van der Waals surface area contributed by atoms with E-state index in [1.54, 1.807) is 4.90 Å². The molecule has 54 heavy (non-hydrogen) atoms. The third kappa shape index (κ3) is 9.96. The smallest absolute Gasteiger partial charge is 0.246 e. The van der Waals surface area contributed by atoms with Crippen molar-refractivity contribution in [2.75, 3.05) is 6.54 Å². The molecule has 2 aliphatic carbocycles. The molecule has 292 valence electrons. The molecule has 10 heteroatoms. The van der Waals surface area contributed by atoms with Crippen LogP contribution >= 0.6 is 0 Å². The van der Waals surface area contributed by atoms with Crippen LogP contribution in [0.25, 0.3) is 0 Å². The summed E-state index contributed by atoms with van der Waals surface area (Å²) in [7, 11) is 0. The van der Waals surface area contributed by atoms with Gasteiger partial charge in [0, 0.05) is 50.0 Å². The minimum Gasteiger partial charge on any atom is -0.344 e. The first-order valence-electron chi connectivity index (χ1n) is 20.3. The fourth-order valence-corrected chi connectivity index (χ4v) is 9.31. The number of nitrogens with zero attached hydrogens (tertiary/aromatic N) is 3. The summed E-state index contributed by atoms with van der Waals surface area (Å²) in [6, 6.07) is 7.97. The first-order chi connectivity index (χ1) is 25.8. The zero-order valence-corrected chi connectivity index (χ0v) is 32.9. The molecule has 0 radical (unpaired) electrons. The Hall–Kier alpha value is -4.08. The van der Waals surface area contributed by atoms with Gasteiger partial charge in [-0.05, 0) is 66.8 Å². The van der Waals surface area contributed by atoms with E-state index in [1.807, 2.05) is 65.0 Å². The Morgan fingerprint density at radius 2 is 1.61 bits per heavy atom. The molecule has 2 aromatic rings. The van der Waals surface area contributed by atoms with Gasteiger partial charge in [0.15, 0.2) is 17.3 Å². The van der Waals surface area contributed by atoms with E-state index in [4.69, 9.17) is 0 Å². The first-order valence-corrected chi connectivity index (χ1v) is 20.3. The summed E-state index contributed by atoms with van der Waals surface area (Å²) in [4.78, 5) is 93.8. The zero-order chi connectivity index (χ0) is 39.0. The largest absolute Gasteiger partial charge is 0.344 e. The Bertz CT molecular complexity index is 1630. The molecule has 7 atom stereocenters. The molecule has 10 nitrogen and oxygen atoms in total. The van der Waals surface area contributed by atoms with E-state index in [0.717, 1.165) is 56.9 Å². The normalized spacial score (nSPS) is 22.5. The highest BCUT2D eigenvalue weighted by Crippen LogP contribution is 2.44. The lowest BCUT2D eigenvalue weighted by Gasteiger charge is -2.38. The van der Waals surface area contributed by atoms with Crippen LogP contribution in [0.2, 0.25) is 0 Å². The van der Waals surface area contributed by atoms with Gasteiger partial charge >= 0.3 is 0 Å². The van der Waals surface area contributed by atoms with E-state index in [9.17, 15) is 28.8 Å². The van der Waals surface area contributed by atoms with Gasteiger partial charge in [-0.1, -0.05) is 97.1 Å². The third-order valence-corrected chi connectivity index (χ3v) is 12.3. The predicted octanol–water partition coefficient (Wildman–Crippen LogP) is 7.11. The number of aromatic nitrogens is 2. The summed E-state index contributed by atoms with van der Waals surface area (Å²) in [5, 5.41) is 3.11. The molecule has 5 rings (SSSR count). The van der Waals surface area contributed by atoms with Gasteiger partial charge in [-0.15, -0.1) is 0 Å². The molecule has 1 aromatic carbocycles. The highest BCUT2D eigenvalue weighted by atomic mass is 16.2. The summed E-state index contributed by atoms with van der Waals surface area (Å²) in [6.07, 6.45) is 12.8. The topological polar surface area (TPSA) is 143 Å². The molecular formula is C44H60N4O6. The number of Topliss-reactive ketones (excluding diaryl/α,β-unsaturated/α-hetero) is 4. The molecule has 1 aliphatic heterocycles. The maximum atomic E-state index is 14.8. The molecule has 3 aliphatic rings. The molecule has 1 unspecified atom stereocenters. The molecular weight excluding hydrogens is 681 g/mol. The Morgan fingerprint density at radius 3 is 2.26 bits per heavy atom. The van der Waals surface area contributed by atoms with Gasteiger partial charge in [-0.25, -0.2) is 4.98 Å². The number of nitrogens with one attached hydrogen (secondary N) is 1. The van der Waals surface area contributed by atoms with Crippen molar-refractivity contribution < 1.29 is 28.8 Å². The van der Waals surface area contributed by atoms with Crippen LogP contribution in [0.15, 0.2) is 48.9 Å². The Balaban J connectivity index is 1.34. The van der Waals surface area contributed by atoms with Crippen molar-refractivity contribution in [3.05, 3.63) is 60.2 Å². The first kappa shape index (κ1) is 41.1. The lowest BCUT2D eigenvalue weighted by atomic mass is 9.76. The fraction of sp³-hybridized carbons (Fsp3) is 0.636. The molecule has 0 spiro atoms. The van der Waals surface area contributed by atoms with Crippen molar-refractivity contribution >= 4 is 34.9 Å². The van der Waals surface area contributed by atoms with Crippen LogP contribution in [0.4, 0.5) is 0 Å². The number of carbonyl (C=O) groups excluding carboxylic acids is 6. The van der Waals surface area contributed by atoms with E-state index in [2.05, 4.69) is 15.3 Å². The van der Waals surface area contributed by atoms with Crippen LogP contribution in [0.3, 0.4) is 0 Å². The maximum Gasteiger partial charge on any atom is 0.246 e. The van der Waals surface area contributed by atoms with E-state index in [0.29, 0.717) is 19.4 Å². The van der Waals surface area contributed by atoms with Gasteiger partial charge in [-0.3, -0.25) is 33.8 Å². The van der Waals surface area contributed by atoms with Crippen molar-refractivity contribution in [1.29, 1.82) is 0 Å². The minimum absolute atomic E-state index is 0.00184. The van der Waals surface area contributed by atoms with Crippen LogP contribution < -0.4 is 5.32 Å². The van der Waals surface area contributed by atoms with Crippen LogP contribution in [-0.2, 0) is 24.0 Å². The van der Waals surface area contributed by atoms with Crippen LogP contribution in [0.5, 0.6) is 0 Å². The Labute approximate surface area is 321 Å². The number of hydrogen-bond acceptors (Lipinski definition) is 8. The number of hydrogen-bond donors (Lipinski definition) is 1. The molecule has 2 amide bonds. The van der Waals surface area contributed by atoms with Crippen molar-refractivity contribution in [1.82, 2.24) is 20.2 Å². The lowest BCUT2D eigenvalue weighted by Crippen LogP contribution is -2.58. The average Bonchev–Trinajstić information content (AvgIpc) is 3.77. The van der Waals surface area contributed by atoms with Crippen molar-refractivity contribution in [2.45, 2.75) is 136 Å². The van der Waals surface area contributed by atoms with Gasteiger partial charge in [-0.2, -0.15) is 0 Å². The van der Waals surface area contributed by atoms with Crippen molar-refractivity contribution in [3.8, 4) is 0 Å². The van der Waals surface area contributed by atoms with E-state index in [-0.39, 0.29) is 72.0 Å². The van der Waals surface area contributed by atoms with Gasteiger partial charge < -0.3 is 10.2 Å². The van der Waals surface area contributed by atoms with E-state index < -0.39 is 40.9 Å². The molecule has 3 fully saturated rings. The van der Waals surface area contributed by atoms with Crippen LogP contribution in [-0.4, -0.2) is 68.4 Å². The molecule has 2 heterocycles. The number of carbonyl (C=O) groups is 6. The number of rotatable bonds is 17. The van der Waals surface area contributed by atoms with Gasteiger partial charge in [0.2, 0.25) is 17.6 Å². The summed E-state index contributed by atoms with van der Waals surface area (Å²) >= 11 is 0. The summed E-state index contributed by atoms with van der Waals surface area (Å²) in [6.45, 7) is 10.0. The number of amides is 2. The number of benzene rings is 1. The quantitative estimate of drug-likeness (QED) is 0.134. The zero-order valence-electron chi connectivity index (χ0n) is 32.9. The standard InChI is InChI=1S/C44H60N4O6/c1-6-14-31(40(52)38(51)23-28(2)29-15-9-7-10-16-29)24-37(50)39-33-20-13-19-32(33)27-48(39)43(54)41(44(3,4)5)47-42(53)34(30-17-11-8-12-18-30)25-36(49)35-26-45-21-22-46-35/h7,9-10,15-16,21-22,26,28,30-34,39,41H,6,8,11-14,17-20,23-25,27H2,1-5H3,(H,47,53)/t28-,31-,32?,33+,34+,39+,41-/m1/s1. The summed E-state index contributed by atoms with van der Waals surface area (Å²) < 4.78 is 0. The molecule has 2 saturated carbocycles. The van der Waals surface area contributed by atoms with Crippen LogP contribution in [0, 0.1) is 35.0 Å². The molecule has 1 saturated heterocycles. The molecule has 1 N–H and O–H groups in total. The van der Waals surface area contributed by atoms with E-state index >= 15 is 0 Å². The average molecular weight is 741 g/mol. The second-order valence-corrected chi connectivity index (χ2v) is 17.3. The molecule has 0 bridgehead atoms. The number of likely N-dealkylation sites (tertiary alicyclic amines) is 1. The lowest BCUT2D eigenvalue weighted by molar-refractivity contribution is -0.146. The summed E-state index contributed by atoms with van der Waals surface area (Å²) in [5.41, 5.74) is 0.496. The Kier molecular flexibility index (Phi) is 14.1. The van der Waals surface area contributed by atoms with Gasteiger partial charge in [0.1, 0.15) is 11.7 Å². The third-order valence-electron chi connectivity index (χ3n) is 12.3. The monoisotopic (exact) mass is 740 g/mol. The maximum absolute atomic E-state index is 14.8. The highest BCUT2D eigenvalue weighted by Gasteiger charge is 2.52. The summed E-state index contributed by atoms with van der Waals surface area (Å²) in [5.74, 6) is -3.39. The Morgan fingerprint density at radius 1 is 0.889 bits per heavy atom. The second-order valence-electron chi connectivity index (χ2n) is 17.3. The second kappa shape index (κ2) is 18.5. The van der Waals surface area contributed by atoms with E-state index in [1.165, 1.54) is 18.6 Å². The fourth-order valence-electron chi connectivity index (χ4n) is 9.31. The number of ketones is 4. The van der Waals surface area contributed by atoms with Crippen molar-refractivity contribution in [2.24, 2.45) is 35.0 Å². The number of fused-ring (bicyclic) bond motifs is 1. The highest BCUT2D eigenvalue weighted by molar-refractivity contribution is 6.38. The molecule has 1 aromatic heterocycles. The predicted molar refractivity (Wildman–Crippen MR) is 206 cm³/mol. The minimum atomic E-state index is -0.939.